The van der Waals surface area contributed by atoms with Crippen molar-refractivity contribution < 1.29 is 21.7 Å². The van der Waals surface area contributed by atoms with E-state index in [2.05, 4.69) is 32.7 Å². The van der Waals surface area contributed by atoms with Gasteiger partial charge in [-0.3, -0.25) is 9.59 Å². The predicted molar refractivity (Wildman–Crippen MR) is 124 cm³/mol. The molecule has 0 bridgehead atoms. The number of hydrogen-bond donors (Lipinski definition) is 2. The zero-order valence-electron chi connectivity index (χ0n) is 17.8. The number of amides is 2. The Balaban J connectivity index is 0.000000533. The van der Waals surface area contributed by atoms with Gasteiger partial charge < -0.3 is 19.9 Å². The number of carbonyl (C=O) groups excluding carboxylic acids is 2. The lowest BCUT2D eigenvalue weighted by molar-refractivity contribution is -0.109. The molecule has 168 valence electrons. The molecule has 4 rings (SSSR count). The number of hydrogen-bond acceptors (Lipinski definition) is 5. The molecule has 1 aliphatic carbocycles. The summed E-state index contributed by atoms with van der Waals surface area (Å²) < 4.78 is 9.83. The first kappa shape index (κ1) is 22.5. The zero-order valence-corrected chi connectivity index (χ0v) is 17.8. The lowest BCUT2D eigenvalue weighted by Gasteiger charge is -2.22. The molecular weight excluding hydrogens is 394 g/mol. The molecule has 0 spiro atoms. The van der Waals surface area contributed by atoms with Crippen LogP contribution in [0.1, 0.15) is 57.0 Å². The Morgan fingerprint density at radius 1 is 1.16 bits per heavy atom. The molecular formula is C24H33N3O4. The fourth-order valence-corrected chi connectivity index (χ4v) is 3.74. The number of nitrogens with zero attached hydrogens (tertiary/aromatic N) is 1. The molecule has 0 atom stereocenters. The number of ether oxygens (including phenoxy) is 1. The summed E-state index contributed by atoms with van der Waals surface area (Å²) in [4.78, 5) is 21.9. The highest BCUT2D eigenvalue weighted by atomic mass is 16.5. The molecule has 1 saturated carbocycles. The van der Waals surface area contributed by atoms with Crippen LogP contribution in [-0.4, -0.2) is 37.7 Å². The van der Waals surface area contributed by atoms with Crippen LogP contribution in [-0.2, 0) is 9.53 Å². The minimum Gasteiger partial charge on any atom is -0.383 e. The summed E-state index contributed by atoms with van der Waals surface area (Å²) in [5.41, 5.74) is 2.84. The van der Waals surface area contributed by atoms with Crippen molar-refractivity contribution >= 4 is 28.9 Å². The van der Waals surface area contributed by atoms with E-state index >= 15 is 0 Å². The van der Waals surface area contributed by atoms with Crippen LogP contribution < -0.4 is 10.6 Å². The molecule has 7 heteroatoms. The molecule has 1 aromatic heterocycles. The third-order valence-electron chi connectivity index (χ3n) is 5.37. The molecule has 2 aromatic carbocycles. The second-order valence-electron chi connectivity index (χ2n) is 7.50. The van der Waals surface area contributed by atoms with Gasteiger partial charge in [-0.15, -0.1) is 0 Å². The van der Waals surface area contributed by atoms with Crippen molar-refractivity contribution in [3.63, 3.8) is 0 Å². The van der Waals surface area contributed by atoms with Crippen molar-refractivity contribution in [3.8, 4) is 0 Å². The zero-order chi connectivity index (χ0) is 21.9. The van der Waals surface area contributed by atoms with E-state index in [1.807, 2.05) is 36.4 Å². The van der Waals surface area contributed by atoms with E-state index in [1.54, 1.807) is 7.11 Å². The fourth-order valence-electron chi connectivity index (χ4n) is 3.74. The van der Waals surface area contributed by atoms with Crippen molar-refractivity contribution in [1.29, 1.82) is 0 Å². The Morgan fingerprint density at radius 3 is 2.61 bits per heavy atom. The molecule has 7 nitrogen and oxygen atoms in total. The predicted octanol–water partition coefficient (Wildman–Crippen LogP) is 5.00. The maximum atomic E-state index is 12.4. The maximum absolute atomic E-state index is 12.4. The van der Waals surface area contributed by atoms with Gasteiger partial charge in [0.2, 0.25) is 12.2 Å². The van der Waals surface area contributed by atoms with Gasteiger partial charge in [0.25, 0.3) is 5.91 Å². The van der Waals surface area contributed by atoms with Gasteiger partial charge in [-0.25, -0.2) is 0 Å². The van der Waals surface area contributed by atoms with E-state index < -0.39 is 0 Å². The van der Waals surface area contributed by atoms with E-state index in [0.717, 1.165) is 11.1 Å². The molecule has 0 aliphatic heterocycles. The number of methoxy groups -OCH3 is 1. The lowest BCUT2D eigenvalue weighted by Crippen LogP contribution is -2.16. The van der Waals surface area contributed by atoms with Crippen molar-refractivity contribution in [2.75, 3.05) is 25.6 Å². The number of rotatable bonds is 7. The van der Waals surface area contributed by atoms with E-state index in [9.17, 15) is 9.59 Å². The Morgan fingerprint density at radius 2 is 1.90 bits per heavy atom. The van der Waals surface area contributed by atoms with Crippen molar-refractivity contribution in [2.24, 2.45) is 0 Å². The quantitative estimate of drug-likeness (QED) is 0.409. The average Bonchev–Trinajstić information content (AvgIpc) is 3.25. The molecule has 0 unspecified atom stereocenters. The first-order valence-electron chi connectivity index (χ1n) is 10.6. The normalized spacial score (nSPS) is 13.8. The van der Waals surface area contributed by atoms with Gasteiger partial charge in [0.15, 0.2) is 0 Å². The highest BCUT2D eigenvalue weighted by Gasteiger charge is 2.18. The number of fused-ring (bicyclic) bond motifs is 1. The van der Waals surface area contributed by atoms with Crippen LogP contribution in [0, 0.1) is 0 Å². The summed E-state index contributed by atoms with van der Waals surface area (Å²) >= 11 is 0. The third kappa shape index (κ3) is 6.39. The second kappa shape index (κ2) is 11.9. The Labute approximate surface area is 185 Å². The summed E-state index contributed by atoms with van der Waals surface area (Å²) in [5.74, 6) is 0.651. The van der Waals surface area contributed by atoms with Gasteiger partial charge in [-0.05, 0) is 48.6 Å². The largest absolute Gasteiger partial charge is 0.383 e. The molecule has 1 aliphatic rings. The summed E-state index contributed by atoms with van der Waals surface area (Å²) in [7, 11) is 1.59. The molecule has 1 fully saturated rings. The monoisotopic (exact) mass is 427 g/mol. The summed E-state index contributed by atoms with van der Waals surface area (Å²) in [6, 6.07) is 15.6. The molecule has 0 radical (unpaired) electrons. The van der Waals surface area contributed by atoms with Crippen LogP contribution >= 0.6 is 0 Å². The standard InChI is InChI=1S/C20H20N2O2.C4H9NO2.2H2/c23-20(19-17-8-4-5-9-18(17)22-24-19)21-16-12-10-15(11-13-16)14-6-2-1-3-7-14;1-7-3-2-5-4-6;;/h4-5,8-14H,1-3,6-7H2,(H,21,23);4H,2-3H2,1H3,(H,5,6);2*1H. The minimum absolute atomic E-state index is 0. The van der Waals surface area contributed by atoms with E-state index in [0.29, 0.717) is 31.0 Å². The summed E-state index contributed by atoms with van der Waals surface area (Å²) in [6.45, 7) is 1.18. The van der Waals surface area contributed by atoms with E-state index in [4.69, 9.17) is 4.52 Å². The van der Waals surface area contributed by atoms with Gasteiger partial charge in [0.1, 0.15) is 5.52 Å². The first-order chi connectivity index (χ1) is 15.2. The smallest absolute Gasteiger partial charge is 0.294 e. The van der Waals surface area contributed by atoms with Gasteiger partial charge in [0.05, 0.1) is 12.0 Å². The third-order valence-corrected chi connectivity index (χ3v) is 5.37. The van der Waals surface area contributed by atoms with Gasteiger partial charge in [0, 0.05) is 22.2 Å². The number of nitrogens with one attached hydrogen (secondary N) is 2. The lowest BCUT2D eigenvalue weighted by atomic mass is 9.84. The van der Waals surface area contributed by atoms with Crippen LogP contribution in [0.25, 0.3) is 10.9 Å². The van der Waals surface area contributed by atoms with E-state index in [-0.39, 0.29) is 14.5 Å². The summed E-state index contributed by atoms with van der Waals surface area (Å²) in [5, 5.41) is 9.99. The Bertz CT molecular complexity index is 973. The average molecular weight is 428 g/mol. The van der Waals surface area contributed by atoms with Gasteiger partial charge in [-0.2, -0.15) is 0 Å². The number of aromatic nitrogens is 1. The van der Waals surface area contributed by atoms with Gasteiger partial charge >= 0.3 is 0 Å². The van der Waals surface area contributed by atoms with Crippen molar-refractivity contribution in [2.45, 2.75) is 38.0 Å². The van der Waals surface area contributed by atoms with Crippen LogP contribution in [0.15, 0.2) is 53.1 Å². The SMILES string of the molecule is COCCNC=O.O=C(Nc1ccc(C2CCCCC2)cc1)c1onc2ccccc12.[HH].[HH]. The minimum atomic E-state index is -0.269. The maximum Gasteiger partial charge on any atom is 0.294 e. The molecule has 2 N–H and O–H groups in total. The summed E-state index contributed by atoms with van der Waals surface area (Å²) in [6.07, 6.45) is 7.20. The Hall–Kier alpha value is -3.19. The molecule has 1 heterocycles. The topological polar surface area (TPSA) is 93.5 Å². The molecule has 31 heavy (non-hydrogen) atoms. The second-order valence-corrected chi connectivity index (χ2v) is 7.50. The highest BCUT2D eigenvalue weighted by Crippen LogP contribution is 2.33. The number of anilines is 1. The highest BCUT2D eigenvalue weighted by molar-refractivity contribution is 6.10. The van der Waals surface area contributed by atoms with Crippen LogP contribution in [0.4, 0.5) is 5.69 Å². The fraction of sp³-hybridized carbons (Fsp3) is 0.375. The number of carbonyl (C=O) groups is 2. The first-order valence-corrected chi connectivity index (χ1v) is 10.6. The van der Waals surface area contributed by atoms with Gasteiger partial charge in [-0.1, -0.05) is 48.7 Å². The molecule has 2 amide bonds. The molecule has 0 saturated heterocycles. The van der Waals surface area contributed by atoms with Crippen LogP contribution in [0.2, 0.25) is 0 Å². The van der Waals surface area contributed by atoms with Crippen molar-refractivity contribution in [3.05, 3.63) is 59.9 Å². The van der Waals surface area contributed by atoms with E-state index in [1.165, 1.54) is 37.7 Å². The molecule has 3 aromatic rings. The van der Waals surface area contributed by atoms with Crippen LogP contribution in [0.3, 0.4) is 0 Å². The van der Waals surface area contributed by atoms with Crippen LogP contribution in [0.5, 0.6) is 0 Å². The van der Waals surface area contributed by atoms with Crippen molar-refractivity contribution in [1.82, 2.24) is 10.5 Å². The Kier molecular flexibility index (Phi) is 8.60. The number of benzene rings is 2.